The second-order valence-electron chi connectivity index (χ2n) is 4.02. The highest BCUT2D eigenvalue weighted by Crippen LogP contribution is 2.13. The van der Waals surface area contributed by atoms with Crippen molar-refractivity contribution in [3.8, 4) is 0 Å². The van der Waals surface area contributed by atoms with Gasteiger partial charge in [-0.05, 0) is 13.3 Å². The molecule has 4 heteroatoms. The first-order valence-electron chi connectivity index (χ1n) is 5.59. The summed E-state index contributed by atoms with van der Waals surface area (Å²) in [4.78, 5) is 10.9. The average molecular weight is 206 g/mol. The van der Waals surface area contributed by atoms with Crippen LogP contribution in [0.25, 0.3) is 0 Å². The molecule has 1 aromatic rings. The summed E-state index contributed by atoms with van der Waals surface area (Å²) in [6, 6.07) is 2.64. The zero-order chi connectivity index (χ0) is 10.7. The van der Waals surface area contributed by atoms with Crippen molar-refractivity contribution in [3.05, 3.63) is 18.1 Å². The minimum Gasteiger partial charge on any atom is -0.354 e. The van der Waals surface area contributed by atoms with Crippen molar-refractivity contribution in [3.63, 3.8) is 0 Å². The van der Waals surface area contributed by atoms with Crippen LogP contribution in [0.1, 0.15) is 19.5 Å². The van der Waals surface area contributed by atoms with E-state index in [-0.39, 0.29) is 0 Å². The molecule has 1 atom stereocenters. The van der Waals surface area contributed by atoms with Crippen LogP contribution in [-0.4, -0.2) is 35.6 Å². The molecule has 0 aromatic carbocycles. The Morgan fingerprint density at radius 1 is 1.53 bits per heavy atom. The van der Waals surface area contributed by atoms with Crippen molar-refractivity contribution in [2.75, 3.05) is 24.5 Å². The molecule has 1 aromatic heterocycles. The molecule has 15 heavy (non-hydrogen) atoms. The lowest BCUT2D eigenvalue weighted by Crippen LogP contribution is -2.49. The third kappa shape index (κ3) is 2.45. The SMILES string of the molecule is CCc1cc(N2CCN[C@H](C)C2)ncn1. The maximum atomic E-state index is 4.33. The number of hydrogen-bond donors (Lipinski definition) is 1. The van der Waals surface area contributed by atoms with Crippen LogP contribution < -0.4 is 10.2 Å². The number of piperazine rings is 1. The summed E-state index contributed by atoms with van der Waals surface area (Å²) in [5, 5.41) is 3.43. The van der Waals surface area contributed by atoms with E-state index >= 15 is 0 Å². The number of aromatic nitrogens is 2. The molecule has 2 rings (SSSR count). The van der Waals surface area contributed by atoms with E-state index in [1.807, 2.05) is 0 Å². The molecular formula is C11H18N4. The molecule has 82 valence electrons. The Kier molecular flexibility index (Phi) is 3.16. The molecule has 0 unspecified atom stereocenters. The van der Waals surface area contributed by atoms with E-state index in [9.17, 15) is 0 Å². The minimum absolute atomic E-state index is 0.541. The highest BCUT2D eigenvalue weighted by molar-refractivity contribution is 5.39. The molecule has 1 N–H and O–H groups in total. The van der Waals surface area contributed by atoms with Gasteiger partial charge >= 0.3 is 0 Å². The van der Waals surface area contributed by atoms with E-state index in [0.717, 1.165) is 37.6 Å². The fourth-order valence-electron chi connectivity index (χ4n) is 1.89. The molecule has 0 radical (unpaired) electrons. The number of anilines is 1. The molecule has 0 aliphatic carbocycles. The van der Waals surface area contributed by atoms with Crippen molar-refractivity contribution in [2.45, 2.75) is 26.3 Å². The molecule has 0 spiro atoms. The first-order valence-corrected chi connectivity index (χ1v) is 5.59. The first kappa shape index (κ1) is 10.4. The van der Waals surface area contributed by atoms with Crippen molar-refractivity contribution >= 4 is 5.82 Å². The van der Waals surface area contributed by atoms with Gasteiger partial charge in [-0.3, -0.25) is 0 Å². The van der Waals surface area contributed by atoms with E-state index in [1.165, 1.54) is 0 Å². The van der Waals surface area contributed by atoms with Crippen LogP contribution in [0.15, 0.2) is 12.4 Å². The Balaban J connectivity index is 2.13. The smallest absolute Gasteiger partial charge is 0.132 e. The standard InChI is InChI=1S/C11H18N4/c1-3-10-6-11(14-8-13-10)15-5-4-12-9(2)7-15/h6,8-9,12H,3-5,7H2,1-2H3/t9-/m1/s1. The lowest BCUT2D eigenvalue weighted by atomic mass is 10.2. The van der Waals surface area contributed by atoms with E-state index in [0.29, 0.717) is 6.04 Å². The number of aryl methyl sites for hydroxylation is 1. The quantitative estimate of drug-likeness (QED) is 0.778. The molecule has 1 aliphatic rings. The largest absolute Gasteiger partial charge is 0.354 e. The van der Waals surface area contributed by atoms with Gasteiger partial charge in [-0.25, -0.2) is 9.97 Å². The molecule has 1 fully saturated rings. The van der Waals surface area contributed by atoms with Crippen LogP contribution in [0.4, 0.5) is 5.82 Å². The first-order chi connectivity index (χ1) is 7.29. The van der Waals surface area contributed by atoms with Crippen LogP contribution >= 0.6 is 0 Å². The Morgan fingerprint density at radius 2 is 2.40 bits per heavy atom. The Bertz CT molecular complexity index is 326. The number of rotatable bonds is 2. The van der Waals surface area contributed by atoms with Gasteiger partial charge in [-0.1, -0.05) is 6.92 Å². The zero-order valence-corrected chi connectivity index (χ0v) is 9.40. The maximum Gasteiger partial charge on any atom is 0.132 e. The second-order valence-corrected chi connectivity index (χ2v) is 4.02. The van der Waals surface area contributed by atoms with Gasteiger partial charge in [0.15, 0.2) is 0 Å². The van der Waals surface area contributed by atoms with E-state index < -0.39 is 0 Å². The van der Waals surface area contributed by atoms with Gasteiger partial charge in [0.2, 0.25) is 0 Å². The van der Waals surface area contributed by atoms with Gasteiger partial charge in [-0.15, -0.1) is 0 Å². The van der Waals surface area contributed by atoms with Gasteiger partial charge < -0.3 is 10.2 Å². The van der Waals surface area contributed by atoms with E-state index in [2.05, 4.69) is 40.1 Å². The summed E-state index contributed by atoms with van der Waals surface area (Å²) < 4.78 is 0. The predicted molar refractivity (Wildman–Crippen MR) is 61.1 cm³/mol. The molecule has 4 nitrogen and oxygen atoms in total. The molecule has 0 bridgehead atoms. The molecule has 0 amide bonds. The second kappa shape index (κ2) is 4.57. The summed E-state index contributed by atoms with van der Waals surface area (Å²) in [6.45, 7) is 7.41. The van der Waals surface area contributed by atoms with Crippen LogP contribution in [-0.2, 0) is 6.42 Å². The van der Waals surface area contributed by atoms with Gasteiger partial charge in [0.25, 0.3) is 0 Å². The third-order valence-electron chi connectivity index (χ3n) is 2.76. The normalized spacial score (nSPS) is 21.7. The van der Waals surface area contributed by atoms with E-state index in [1.54, 1.807) is 6.33 Å². The fraction of sp³-hybridized carbons (Fsp3) is 0.636. The van der Waals surface area contributed by atoms with Crippen LogP contribution in [0, 0.1) is 0 Å². The molecule has 0 saturated carbocycles. The summed E-state index contributed by atoms with van der Waals surface area (Å²) in [6.07, 6.45) is 2.64. The van der Waals surface area contributed by atoms with Crippen LogP contribution in [0.5, 0.6) is 0 Å². The molecule has 1 aliphatic heterocycles. The van der Waals surface area contributed by atoms with Crippen molar-refractivity contribution in [1.82, 2.24) is 15.3 Å². The van der Waals surface area contributed by atoms with Crippen LogP contribution in [0.2, 0.25) is 0 Å². The highest BCUT2D eigenvalue weighted by Gasteiger charge is 2.16. The maximum absolute atomic E-state index is 4.33. The summed E-state index contributed by atoms with van der Waals surface area (Å²) in [5.74, 6) is 1.07. The van der Waals surface area contributed by atoms with E-state index in [4.69, 9.17) is 0 Å². The Morgan fingerprint density at radius 3 is 3.13 bits per heavy atom. The minimum atomic E-state index is 0.541. The topological polar surface area (TPSA) is 41.0 Å². The van der Waals surface area contributed by atoms with Gasteiger partial charge in [0.05, 0.1) is 0 Å². The molecule has 1 saturated heterocycles. The lowest BCUT2D eigenvalue weighted by Gasteiger charge is -2.32. The van der Waals surface area contributed by atoms with Crippen molar-refractivity contribution in [1.29, 1.82) is 0 Å². The Hall–Kier alpha value is -1.16. The highest BCUT2D eigenvalue weighted by atomic mass is 15.2. The van der Waals surface area contributed by atoms with Gasteiger partial charge in [0, 0.05) is 37.4 Å². The zero-order valence-electron chi connectivity index (χ0n) is 9.40. The molecule has 2 heterocycles. The van der Waals surface area contributed by atoms with Crippen molar-refractivity contribution in [2.24, 2.45) is 0 Å². The van der Waals surface area contributed by atoms with Gasteiger partial charge in [-0.2, -0.15) is 0 Å². The Labute approximate surface area is 90.7 Å². The molecular weight excluding hydrogens is 188 g/mol. The average Bonchev–Trinajstić information content (AvgIpc) is 2.29. The van der Waals surface area contributed by atoms with Crippen LogP contribution in [0.3, 0.4) is 0 Å². The third-order valence-corrected chi connectivity index (χ3v) is 2.76. The number of nitrogens with one attached hydrogen (secondary N) is 1. The van der Waals surface area contributed by atoms with Crippen molar-refractivity contribution < 1.29 is 0 Å². The fourth-order valence-corrected chi connectivity index (χ4v) is 1.89. The summed E-state index contributed by atoms with van der Waals surface area (Å²) >= 11 is 0. The summed E-state index contributed by atoms with van der Waals surface area (Å²) in [5.41, 5.74) is 1.12. The predicted octanol–water partition coefficient (Wildman–Crippen LogP) is 0.837. The lowest BCUT2D eigenvalue weighted by molar-refractivity contribution is 0.482. The number of nitrogens with zero attached hydrogens (tertiary/aromatic N) is 3. The summed E-state index contributed by atoms with van der Waals surface area (Å²) in [7, 11) is 0. The number of hydrogen-bond acceptors (Lipinski definition) is 4. The van der Waals surface area contributed by atoms with Gasteiger partial charge in [0.1, 0.15) is 12.1 Å². The monoisotopic (exact) mass is 206 g/mol.